The van der Waals surface area contributed by atoms with E-state index in [9.17, 15) is 9.90 Å². The molecule has 0 bridgehead atoms. The number of urea groups is 1. The molecule has 0 aliphatic carbocycles. The van der Waals surface area contributed by atoms with Crippen LogP contribution in [0.3, 0.4) is 0 Å². The van der Waals surface area contributed by atoms with Gasteiger partial charge in [0.2, 0.25) is 0 Å². The number of furan rings is 1. The fourth-order valence-electron chi connectivity index (χ4n) is 2.52. The molecule has 1 saturated heterocycles. The Morgan fingerprint density at radius 2 is 2.29 bits per heavy atom. The molecule has 1 fully saturated rings. The highest BCUT2D eigenvalue weighted by atomic mass is 16.5. The molecule has 0 radical (unpaired) electrons. The van der Waals surface area contributed by atoms with Crippen LogP contribution < -0.4 is 5.32 Å². The summed E-state index contributed by atoms with van der Waals surface area (Å²) in [5.41, 5.74) is 1.74. The number of hydrogen-bond donors (Lipinski definition) is 2. The lowest BCUT2D eigenvalue weighted by molar-refractivity contribution is -0.00766. The number of nitrogens with zero attached hydrogens (tertiary/aromatic N) is 1. The molecule has 6 nitrogen and oxygen atoms in total. The molecule has 2 N–H and O–H groups in total. The van der Waals surface area contributed by atoms with E-state index >= 15 is 0 Å². The van der Waals surface area contributed by atoms with E-state index in [1.165, 1.54) is 0 Å². The first-order chi connectivity index (χ1) is 10.3. The summed E-state index contributed by atoms with van der Waals surface area (Å²) < 4.78 is 10.7. The molecular formula is C15H18N2O4. The van der Waals surface area contributed by atoms with Gasteiger partial charge in [0.05, 0.1) is 32.1 Å². The number of amides is 2. The van der Waals surface area contributed by atoms with E-state index in [1.807, 2.05) is 24.3 Å². The molecular weight excluding hydrogens is 272 g/mol. The second-order valence-corrected chi connectivity index (χ2v) is 5.02. The van der Waals surface area contributed by atoms with E-state index in [1.54, 1.807) is 11.2 Å². The number of para-hydroxylation sites is 1. The van der Waals surface area contributed by atoms with Crippen LogP contribution in [0.1, 0.15) is 5.56 Å². The van der Waals surface area contributed by atoms with Gasteiger partial charge in [-0.05, 0) is 6.07 Å². The third-order valence-electron chi connectivity index (χ3n) is 3.69. The molecule has 1 aliphatic rings. The van der Waals surface area contributed by atoms with Gasteiger partial charge in [0.15, 0.2) is 0 Å². The summed E-state index contributed by atoms with van der Waals surface area (Å²) in [6, 6.07) is 7.24. The average molecular weight is 290 g/mol. The summed E-state index contributed by atoms with van der Waals surface area (Å²) >= 11 is 0. The Hall–Kier alpha value is -2.05. The van der Waals surface area contributed by atoms with Gasteiger partial charge in [0, 0.05) is 24.0 Å². The maximum Gasteiger partial charge on any atom is 0.318 e. The standard InChI is InChI=1S/C15H18N2O4/c18-8-12-10-20-6-5-17(12)15(19)16-7-11-9-21-14-4-2-1-3-13(11)14/h1-4,9,12,18H,5-8,10H2,(H,16,19)/t12-/m1/s1. The second-order valence-electron chi connectivity index (χ2n) is 5.02. The van der Waals surface area contributed by atoms with Gasteiger partial charge >= 0.3 is 6.03 Å². The molecule has 2 aromatic rings. The van der Waals surface area contributed by atoms with E-state index < -0.39 is 0 Å². The highest BCUT2D eigenvalue weighted by molar-refractivity contribution is 5.81. The van der Waals surface area contributed by atoms with Gasteiger partial charge in [0.25, 0.3) is 0 Å². The van der Waals surface area contributed by atoms with Crippen LogP contribution in [0.5, 0.6) is 0 Å². The van der Waals surface area contributed by atoms with Gasteiger partial charge < -0.3 is 24.5 Å². The van der Waals surface area contributed by atoms with Crippen LogP contribution in [0.2, 0.25) is 0 Å². The number of hydrogen-bond acceptors (Lipinski definition) is 4. The van der Waals surface area contributed by atoms with E-state index in [4.69, 9.17) is 9.15 Å². The minimum absolute atomic E-state index is 0.0952. The highest BCUT2D eigenvalue weighted by Gasteiger charge is 2.26. The maximum atomic E-state index is 12.2. The molecule has 112 valence electrons. The van der Waals surface area contributed by atoms with Crippen LogP contribution in [-0.4, -0.2) is 48.4 Å². The quantitative estimate of drug-likeness (QED) is 0.894. The van der Waals surface area contributed by atoms with Crippen molar-refractivity contribution >= 4 is 17.0 Å². The Kier molecular flexibility index (Phi) is 4.08. The van der Waals surface area contributed by atoms with Crippen molar-refractivity contribution in [3.8, 4) is 0 Å². The van der Waals surface area contributed by atoms with Gasteiger partial charge in [-0.3, -0.25) is 0 Å². The molecule has 1 aromatic heterocycles. The van der Waals surface area contributed by atoms with Crippen LogP contribution in [0.4, 0.5) is 4.79 Å². The molecule has 2 heterocycles. The minimum atomic E-state index is -0.278. The summed E-state index contributed by atoms with van der Waals surface area (Å²) in [5.74, 6) is 0. The average Bonchev–Trinajstić information content (AvgIpc) is 2.96. The molecule has 0 spiro atoms. The van der Waals surface area contributed by atoms with Gasteiger partial charge in [-0.2, -0.15) is 0 Å². The first-order valence-corrected chi connectivity index (χ1v) is 6.98. The predicted octanol–water partition coefficient (Wildman–Crippen LogP) is 1.34. The Labute approximate surface area is 122 Å². The van der Waals surface area contributed by atoms with E-state index in [0.29, 0.717) is 26.3 Å². The van der Waals surface area contributed by atoms with Crippen molar-refractivity contribution in [1.82, 2.24) is 10.2 Å². The van der Waals surface area contributed by atoms with Crippen molar-refractivity contribution < 1.29 is 19.1 Å². The van der Waals surface area contributed by atoms with Crippen LogP contribution in [0, 0.1) is 0 Å². The molecule has 1 atom stereocenters. The number of carbonyl (C=O) groups excluding carboxylic acids is 1. The fraction of sp³-hybridized carbons (Fsp3) is 0.400. The zero-order valence-corrected chi connectivity index (χ0v) is 11.6. The molecule has 0 unspecified atom stereocenters. The minimum Gasteiger partial charge on any atom is -0.464 e. The Morgan fingerprint density at radius 3 is 3.14 bits per heavy atom. The lowest BCUT2D eigenvalue weighted by atomic mass is 10.2. The number of aliphatic hydroxyl groups is 1. The summed E-state index contributed by atoms with van der Waals surface area (Å²) in [6.07, 6.45) is 1.66. The Balaban J connectivity index is 1.65. The zero-order chi connectivity index (χ0) is 14.7. The lowest BCUT2D eigenvalue weighted by Gasteiger charge is -2.34. The third kappa shape index (κ3) is 2.86. The number of nitrogens with one attached hydrogen (secondary N) is 1. The van der Waals surface area contributed by atoms with Crippen LogP contribution >= 0.6 is 0 Å². The van der Waals surface area contributed by atoms with Crippen LogP contribution in [0.15, 0.2) is 34.9 Å². The first kappa shape index (κ1) is 13.9. The van der Waals surface area contributed by atoms with Crippen molar-refractivity contribution in [2.24, 2.45) is 0 Å². The number of ether oxygens (including phenoxy) is 1. The van der Waals surface area contributed by atoms with Gasteiger partial charge in [-0.15, -0.1) is 0 Å². The van der Waals surface area contributed by atoms with Crippen molar-refractivity contribution in [3.05, 3.63) is 36.1 Å². The van der Waals surface area contributed by atoms with Crippen LogP contribution in [-0.2, 0) is 11.3 Å². The number of benzene rings is 1. The smallest absolute Gasteiger partial charge is 0.318 e. The zero-order valence-electron chi connectivity index (χ0n) is 11.6. The third-order valence-corrected chi connectivity index (χ3v) is 3.69. The lowest BCUT2D eigenvalue weighted by Crippen LogP contribution is -2.53. The number of aliphatic hydroxyl groups excluding tert-OH is 1. The van der Waals surface area contributed by atoms with E-state index in [2.05, 4.69) is 5.32 Å². The molecule has 6 heteroatoms. The molecule has 3 rings (SSSR count). The molecule has 1 aromatic carbocycles. The molecule has 1 aliphatic heterocycles. The first-order valence-electron chi connectivity index (χ1n) is 6.98. The van der Waals surface area contributed by atoms with Crippen molar-refractivity contribution in [1.29, 1.82) is 0 Å². The normalized spacial score (nSPS) is 18.9. The summed E-state index contributed by atoms with van der Waals surface area (Å²) in [5, 5.41) is 13.2. The number of rotatable bonds is 3. The summed E-state index contributed by atoms with van der Waals surface area (Å²) in [7, 11) is 0. The van der Waals surface area contributed by atoms with Gasteiger partial charge in [-0.25, -0.2) is 4.79 Å². The van der Waals surface area contributed by atoms with Crippen molar-refractivity contribution in [2.75, 3.05) is 26.4 Å². The Morgan fingerprint density at radius 1 is 1.43 bits per heavy atom. The van der Waals surface area contributed by atoms with Crippen molar-refractivity contribution in [2.45, 2.75) is 12.6 Å². The van der Waals surface area contributed by atoms with Crippen LogP contribution in [0.25, 0.3) is 11.0 Å². The topological polar surface area (TPSA) is 74.9 Å². The largest absolute Gasteiger partial charge is 0.464 e. The number of fused-ring (bicyclic) bond motifs is 1. The SMILES string of the molecule is O=C(NCc1coc2ccccc12)N1CCOC[C@H]1CO. The van der Waals surface area contributed by atoms with Gasteiger partial charge in [0.1, 0.15) is 5.58 Å². The number of morpholine rings is 1. The molecule has 21 heavy (non-hydrogen) atoms. The Bertz CT molecular complexity index is 625. The fourth-order valence-corrected chi connectivity index (χ4v) is 2.52. The number of carbonyl (C=O) groups is 1. The molecule has 2 amide bonds. The summed E-state index contributed by atoms with van der Waals surface area (Å²) in [6.45, 7) is 1.66. The monoisotopic (exact) mass is 290 g/mol. The summed E-state index contributed by atoms with van der Waals surface area (Å²) in [4.78, 5) is 13.8. The maximum absolute atomic E-state index is 12.2. The van der Waals surface area contributed by atoms with Gasteiger partial charge in [-0.1, -0.05) is 18.2 Å². The van der Waals surface area contributed by atoms with Crippen molar-refractivity contribution in [3.63, 3.8) is 0 Å². The predicted molar refractivity (Wildman–Crippen MR) is 76.8 cm³/mol. The second kappa shape index (κ2) is 6.15. The highest BCUT2D eigenvalue weighted by Crippen LogP contribution is 2.20. The van der Waals surface area contributed by atoms with E-state index in [0.717, 1.165) is 16.5 Å². The van der Waals surface area contributed by atoms with E-state index in [-0.39, 0.29) is 18.7 Å². The molecule has 0 saturated carbocycles.